The highest BCUT2D eigenvalue weighted by atomic mass is 16.5. The first-order valence-electron chi connectivity index (χ1n) is 7.32. The van der Waals surface area contributed by atoms with Crippen molar-refractivity contribution in [1.29, 1.82) is 0 Å². The van der Waals surface area contributed by atoms with Crippen LogP contribution in [0.15, 0.2) is 54.6 Å². The fourth-order valence-electron chi connectivity index (χ4n) is 2.20. The van der Waals surface area contributed by atoms with Gasteiger partial charge >= 0.3 is 0 Å². The lowest BCUT2D eigenvalue weighted by atomic mass is 10.2. The van der Waals surface area contributed by atoms with Crippen LogP contribution < -0.4 is 14.4 Å². The summed E-state index contributed by atoms with van der Waals surface area (Å²) in [5, 5.41) is 0. The van der Waals surface area contributed by atoms with E-state index in [1.807, 2.05) is 37.3 Å². The number of methoxy groups -OCH3 is 1. The summed E-state index contributed by atoms with van der Waals surface area (Å²) in [7, 11) is 1.61. The zero-order valence-electron chi connectivity index (χ0n) is 13.2. The zero-order chi connectivity index (χ0) is 15.9. The van der Waals surface area contributed by atoms with Crippen molar-refractivity contribution in [2.75, 3.05) is 18.6 Å². The second-order valence-electron chi connectivity index (χ2n) is 4.85. The molecule has 0 saturated heterocycles. The number of amides is 1. The molecule has 1 amide bonds. The molecule has 4 nitrogen and oxygen atoms in total. The average Bonchev–Trinajstić information content (AvgIpc) is 2.57. The Kier molecular flexibility index (Phi) is 5.42. The second-order valence-corrected chi connectivity index (χ2v) is 4.85. The molecule has 0 aliphatic heterocycles. The van der Waals surface area contributed by atoms with Crippen LogP contribution in [0, 0.1) is 0 Å². The zero-order valence-corrected chi connectivity index (χ0v) is 13.2. The fourth-order valence-corrected chi connectivity index (χ4v) is 2.20. The molecule has 22 heavy (non-hydrogen) atoms. The normalized spacial score (nSPS) is 11.6. The highest BCUT2D eigenvalue weighted by Gasteiger charge is 2.22. The number of nitrogens with zero attached hydrogens (tertiary/aromatic N) is 1. The number of ether oxygens (including phenoxy) is 2. The second kappa shape index (κ2) is 7.50. The predicted molar refractivity (Wildman–Crippen MR) is 87.6 cm³/mol. The number of likely N-dealkylation sites (N-methyl/N-ethyl adjacent to an activating group) is 1. The Labute approximate surface area is 131 Å². The van der Waals surface area contributed by atoms with E-state index in [1.165, 1.54) is 0 Å². The van der Waals surface area contributed by atoms with Crippen LogP contribution in [0.5, 0.6) is 11.5 Å². The Hall–Kier alpha value is -2.49. The summed E-state index contributed by atoms with van der Waals surface area (Å²) < 4.78 is 10.8. The number of rotatable bonds is 6. The molecule has 2 rings (SSSR count). The Morgan fingerprint density at radius 3 is 2.18 bits per heavy atom. The number of carbonyl (C=O) groups excluding carboxylic acids is 1. The van der Waals surface area contributed by atoms with Gasteiger partial charge in [-0.3, -0.25) is 4.79 Å². The van der Waals surface area contributed by atoms with Gasteiger partial charge < -0.3 is 14.4 Å². The van der Waals surface area contributed by atoms with Crippen LogP contribution in [0.2, 0.25) is 0 Å². The van der Waals surface area contributed by atoms with Crippen molar-refractivity contribution in [3.8, 4) is 11.5 Å². The van der Waals surface area contributed by atoms with Gasteiger partial charge in [0.15, 0.2) is 6.10 Å². The van der Waals surface area contributed by atoms with Crippen molar-refractivity contribution in [3.05, 3.63) is 54.6 Å². The van der Waals surface area contributed by atoms with Gasteiger partial charge in [0, 0.05) is 12.2 Å². The van der Waals surface area contributed by atoms with Crippen LogP contribution in [-0.4, -0.2) is 25.7 Å². The van der Waals surface area contributed by atoms with Gasteiger partial charge in [0.25, 0.3) is 5.91 Å². The largest absolute Gasteiger partial charge is 0.497 e. The van der Waals surface area contributed by atoms with Crippen LogP contribution in [0.1, 0.15) is 13.8 Å². The molecule has 1 atom stereocenters. The SMILES string of the molecule is CCN(C(=O)C(C)Oc1ccc(OC)cc1)c1ccccc1. The van der Waals surface area contributed by atoms with Crippen molar-refractivity contribution in [2.24, 2.45) is 0 Å². The summed E-state index contributed by atoms with van der Waals surface area (Å²) >= 11 is 0. The fraction of sp³-hybridized carbons (Fsp3) is 0.278. The van der Waals surface area contributed by atoms with E-state index in [0.717, 1.165) is 11.4 Å². The summed E-state index contributed by atoms with van der Waals surface area (Å²) in [6.07, 6.45) is -0.562. The molecule has 0 fully saturated rings. The molecule has 0 aromatic heterocycles. The minimum Gasteiger partial charge on any atom is -0.497 e. The Morgan fingerprint density at radius 1 is 1.05 bits per heavy atom. The van der Waals surface area contributed by atoms with Gasteiger partial charge in [-0.05, 0) is 50.2 Å². The summed E-state index contributed by atoms with van der Waals surface area (Å²) in [5.74, 6) is 1.33. The highest BCUT2D eigenvalue weighted by Crippen LogP contribution is 2.20. The smallest absolute Gasteiger partial charge is 0.267 e. The molecule has 0 N–H and O–H groups in total. The quantitative estimate of drug-likeness (QED) is 0.819. The van der Waals surface area contributed by atoms with Crippen LogP contribution in [0.3, 0.4) is 0 Å². The van der Waals surface area contributed by atoms with E-state index < -0.39 is 6.10 Å². The maximum absolute atomic E-state index is 12.6. The van der Waals surface area contributed by atoms with Gasteiger partial charge in [0.2, 0.25) is 0 Å². The summed E-state index contributed by atoms with van der Waals surface area (Å²) in [6.45, 7) is 4.31. The van der Waals surface area contributed by atoms with Gasteiger partial charge in [-0.15, -0.1) is 0 Å². The Morgan fingerprint density at radius 2 is 1.64 bits per heavy atom. The molecule has 0 radical (unpaired) electrons. The molecule has 2 aromatic rings. The summed E-state index contributed by atoms with van der Waals surface area (Å²) in [4.78, 5) is 14.3. The molecule has 0 heterocycles. The van der Waals surface area contributed by atoms with Crippen molar-refractivity contribution in [2.45, 2.75) is 20.0 Å². The molecule has 2 aromatic carbocycles. The molecule has 0 bridgehead atoms. The first-order valence-corrected chi connectivity index (χ1v) is 7.32. The van der Waals surface area contributed by atoms with Crippen LogP contribution in [0.25, 0.3) is 0 Å². The van der Waals surface area contributed by atoms with E-state index in [1.54, 1.807) is 43.2 Å². The predicted octanol–water partition coefficient (Wildman–Crippen LogP) is 3.52. The topological polar surface area (TPSA) is 38.8 Å². The monoisotopic (exact) mass is 299 g/mol. The van der Waals surface area contributed by atoms with Crippen molar-refractivity contribution in [3.63, 3.8) is 0 Å². The highest BCUT2D eigenvalue weighted by molar-refractivity contribution is 5.96. The summed E-state index contributed by atoms with van der Waals surface area (Å²) in [5.41, 5.74) is 0.875. The molecule has 4 heteroatoms. The minimum absolute atomic E-state index is 0.0653. The van der Waals surface area contributed by atoms with E-state index in [9.17, 15) is 4.79 Å². The number of para-hydroxylation sites is 1. The maximum atomic E-state index is 12.6. The van der Waals surface area contributed by atoms with Gasteiger partial charge in [-0.2, -0.15) is 0 Å². The Balaban J connectivity index is 2.06. The number of anilines is 1. The third kappa shape index (κ3) is 3.79. The standard InChI is InChI=1S/C18H21NO3/c1-4-19(15-8-6-5-7-9-15)18(20)14(2)22-17-12-10-16(21-3)11-13-17/h5-14H,4H2,1-3H3. The minimum atomic E-state index is -0.562. The Bertz CT molecular complexity index is 595. The first-order chi connectivity index (χ1) is 10.7. The first kappa shape index (κ1) is 15.9. The van der Waals surface area contributed by atoms with Crippen LogP contribution in [-0.2, 0) is 4.79 Å². The average molecular weight is 299 g/mol. The third-order valence-electron chi connectivity index (χ3n) is 3.37. The van der Waals surface area contributed by atoms with E-state index in [-0.39, 0.29) is 5.91 Å². The van der Waals surface area contributed by atoms with Crippen molar-refractivity contribution < 1.29 is 14.3 Å². The third-order valence-corrected chi connectivity index (χ3v) is 3.37. The molecule has 0 saturated carbocycles. The molecule has 1 unspecified atom stereocenters. The molecule has 0 aliphatic carbocycles. The maximum Gasteiger partial charge on any atom is 0.267 e. The van der Waals surface area contributed by atoms with Crippen LogP contribution in [0.4, 0.5) is 5.69 Å². The van der Waals surface area contributed by atoms with Gasteiger partial charge in [-0.1, -0.05) is 18.2 Å². The van der Waals surface area contributed by atoms with Crippen LogP contribution >= 0.6 is 0 Å². The molecular formula is C18H21NO3. The lowest BCUT2D eigenvalue weighted by Gasteiger charge is -2.25. The molecular weight excluding hydrogens is 278 g/mol. The number of hydrogen-bond acceptors (Lipinski definition) is 3. The van der Waals surface area contributed by atoms with Crippen molar-refractivity contribution >= 4 is 11.6 Å². The summed E-state index contributed by atoms with van der Waals surface area (Å²) in [6, 6.07) is 16.8. The molecule has 0 spiro atoms. The molecule has 0 aliphatic rings. The lowest BCUT2D eigenvalue weighted by molar-refractivity contribution is -0.124. The van der Waals surface area contributed by atoms with Gasteiger partial charge in [0.05, 0.1) is 7.11 Å². The lowest BCUT2D eigenvalue weighted by Crippen LogP contribution is -2.40. The van der Waals surface area contributed by atoms with E-state index in [4.69, 9.17) is 9.47 Å². The number of benzene rings is 2. The van der Waals surface area contributed by atoms with Gasteiger partial charge in [0.1, 0.15) is 11.5 Å². The van der Waals surface area contributed by atoms with E-state index in [0.29, 0.717) is 12.3 Å². The number of hydrogen-bond donors (Lipinski definition) is 0. The number of carbonyl (C=O) groups is 1. The van der Waals surface area contributed by atoms with Crippen molar-refractivity contribution in [1.82, 2.24) is 0 Å². The molecule has 116 valence electrons. The van der Waals surface area contributed by atoms with E-state index in [2.05, 4.69) is 0 Å². The van der Waals surface area contributed by atoms with E-state index >= 15 is 0 Å². The van der Waals surface area contributed by atoms with Gasteiger partial charge in [-0.25, -0.2) is 0 Å².